The minimum atomic E-state index is -0.331. The Balaban J connectivity index is 2.15. The van der Waals surface area contributed by atoms with Gasteiger partial charge in [0.2, 0.25) is 0 Å². The Morgan fingerprint density at radius 3 is 2.91 bits per heavy atom. The van der Waals surface area contributed by atoms with Crippen LogP contribution in [0.3, 0.4) is 0 Å². The fourth-order valence-electron chi connectivity index (χ4n) is 2.79. The quantitative estimate of drug-likeness (QED) is 0.754. The van der Waals surface area contributed by atoms with Gasteiger partial charge in [0.15, 0.2) is 5.17 Å². The number of esters is 1. The molecule has 1 aromatic rings. The topological polar surface area (TPSA) is 41.9 Å². The highest BCUT2D eigenvalue weighted by Crippen LogP contribution is 2.44. The van der Waals surface area contributed by atoms with Gasteiger partial charge in [-0.15, -0.1) is 0 Å². The van der Waals surface area contributed by atoms with E-state index in [4.69, 9.17) is 16.3 Å². The van der Waals surface area contributed by atoms with Crippen LogP contribution in [0.1, 0.15) is 32.4 Å². The first-order valence-corrected chi connectivity index (χ1v) is 8.63. The zero-order valence-electron chi connectivity index (χ0n) is 13.2. The van der Waals surface area contributed by atoms with E-state index >= 15 is 0 Å². The van der Waals surface area contributed by atoms with Crippen molar-refractivity contribution in [1.82, 2.24) is 4.90 Å². The Morgan fingerprint density at radius 1 is 1.43 bits per heavy atom. The van der Waals surface area contributed by atoms with E-state index in [1.807, 2.05) is 43.5 Å². The molecule has 1 atom stereocenters. The molecule has 0 saturated carbocycles. The Hall–Kier alpha value is -1.72. The zero-order valence-corrected chi connectivity index (χ0v) is 14.7. The van der Waals surface area contributed by atoms with Gasteiger partial charge in [0.25, 0.3) is 0 Å². The highest BCUT2D eigenvalue weighted by Gasteiger charge is 2.39. The van der Waals surface area contributed by atoms with Crippen molar-refractivity contribution in [3.63, 3.8) is 0 Å². The van der Waals surface area contributed by atoms with E-state index in [1.165, 1.54) is 0 Å². The molecule has 3 rings (SSSR count). The Bertz CT molecular complexity index is 755. The largest absolute Gasteiger partial charge is 0.463 e. The van der Waals surface area contributed by atoms with Crippen molar-refractivity contribution in [3.05, 3.63) is 57.2 Å². The molecule has 0 N–H and O–H groups in total. The van der Waals surface area contributed by atoms with Gasteiger partial charge in [0, 0.05) is 10.7 Å². The molecule has 0 fully saturated rings. The van der Waals surface area contributed by atoms with Gasteiger partial charge < -0.3 is 9.64 Å². The van der Waals surface area contributed by atoms with Crippen LogP contribution >= 0.6 is 23.4 Å². The van der Waals surface area contributed by atoms with E-state index in [0.717, 1.165) is 16.4 Å². The monoisotopic (exact) mass is 348 g/mol. The molecule has 2 aliphatic rings. The summed E-state index contributed by atoms with van der Waals surface area (Å²) in [5.74, 6) is -0.331. The molecule has 4 nitrogen and oxygen atoms in total. The average Bonchev–Trinajstić information content (AvgIpc) is 2.87. The van der Waals surface area contributed by atoms with Crippen LogP contribution in [0.4, 0.5) is 0 Å². The summed E-state index contributed by atoms with van der Waals surface area (Å²) in [5, 5.41) is 3.55. The first-order valence-electron chi connectivity index (χ1n) is 7.37. The van der Waals surface area contributed by atoms with Crippen LogP contribution in [0.25, 0.3) is 0 Å². The van der Waals surface area contributed by atoms with Crippen molar-refractivity contribution in [2.45, 2.75) is 26.8 Å². The number of aliphatic imine (C=N–C) groups is 1. The lowest BCUT2D eigenvalue weighted by Crippen LogP contribution is -2.36. The van der Waals surface area contributed by atoms with Gasteiger partial charge in [-0.05, 0) is 43.9 Å². The summed E-state index contributed by atoms with van der Waals surface area (Å²) in [5.41, 5.74) is 3.25. The van der Waals surface area contributed by atoms with E-state index in [-0.39, 0.29) is 12.0 Å². The smallest absolute Gasteiger partial charge is 0.338 e. The molecular weight excluding hydrogens is 332 g/mol. The normalized spacial score (nSPS) is 20.2. The lowest BCUT2D eigenvalue weighted by molar-refractivity contribution is -0.139. The lowest BCUT2D eigenvalue weighted by Gasteiger charge is -2.35. The summed E-state index contributed by atoms with van der Waals surface area (Å²) in [6.45, 7) is 5.99. The Kier molecular flexibility index (Phi) is 4.50. The second-order valence-corrected chi connectivity index (χ2v) is 6.59. The molecule has 1 aromatic carbocycles. The number of allylic oxidation sites excluding steroid dienone is 2. The molecule has 0 spiro atoms. The van der Waals surface area contributed by atoms with Crippen LogP contribution in [0.15, 0.2) is 51.6 Å². The Morgan fingerprint density at radius 2 is 2.22 bits per heavy atom. The maximum Gasteiger partial charge on any atom is 0.338 e. The number of halogens is 1. The van der Waals surface area contributed by atoms with Crippen molar-refractivity contribution < 1.29 is 9.53 Å². The molecule has 0 bridgehead atoms. The highest BCUT2D eigenvalue weighted by atomic mass is 35.5. The van der Waals surface area contributed by atoms with Crippen LogP contribution in [-0.4, -0.2) is 22.6 Å². The predicted octanol–water partition coefficient (Wildman–Crippen LogP) is 4.50. The Labute approximate surface area is 144 Å². The third-order valence-corrected chi connectivity index (χ3v) is 4.96. The van der Waals surface area contributed by atoms with Crippen LogP contribution in [0.5, 0.6) is 0 Å². The SMILES string of the molecule is CCOC(=O)C1=C(C)N=C2SC=C(C)N2C1c1cccc(Cl)c1. The van der Waals surface area contributed by atoms with Crippen molar-refractivity contribution in [2.24, 2.45) is 4.99 Å². The van der Waals surface area contributed by atoms with Gasteiger partial charge in [0.1, 0.15) is 0 Å². The number of amidine groups is 1. The van der Waals surface area contributed by atoms with Crippen LogP contribution < -0.4 is 0 Å². The van der Waals surface area contributed by atoms with Gasteiger partial charge in [-0.3, -0.25) is 0 Å². The van der Waals surface area contributed by atoms with Crippen molar-refractivity contribution >= 4 is 34.5 Å². The molecule has 23 heavy (non-hydrogen) atoms. The number of benzene rings is 1. The summed E-state index contributed by atoms with van der Waals surface area (Å²) in [7, 11) is 0. The molecule has 0 aliphatic carbocycles. The summed E-state index contributed by atoms with van der Waals surface area (Å²) in [4.78, 5) is 19.2. The van der Waals surface area contributed by atoms with Gasteiger partial charge in [-0.25, -0.2) is 9.79 Å². The molecular formula is C17H17ClN2O2S. The van der Waals surface area contributed by atoms with Crippen molar-refractivity contribution in [3.8, 4) is 0 Å². The number of rotatable bonds is 3. The number of hydrogen-bond acceptors (Lipinski definition) is 5. The van der Waals surface area contributed by atoms with Crippen LogP contribution in [0, 0.1) is 0 Å². The fourth-order valence-corrected chi connectivity index (χ4v) is 3.93. The molecule has 120 valence electrons. The molecule has 2 heterocycles. The predicted molar refractivity (Wildman–Crippen MR) is 94.1 cm³/mol. The number of fused-ring (bicyclic) bond motifs is 1. The number of hydrogen-bond donors (Lipinski definition) is 0. The van der Waals surface area contributed by atoms with Gasteiger partial charge in [-0.2, -0.15) is 0 Å². The third kappa shape index (κ3) is 2.91. The van der Waals surface area contributed by atoms with Gasteiger partial charge >= 0.3 is 5.97 Å². The molecule has 0 radical (unpaired) electrons. The van der Waals surface area contributed by atoms with Crippen LogP contribution in [0.2, 0.25) is 5.02 Å². The second kappa shape index (κ2) is 6.42. The van der Waals surface area contributed by atoms with E-state index < -0.39 is 0 Å². The van der Waals surface area contributed by atoms with E-state index in [9.17, 15) is 4.79 Å². The third-order valence-electron chi connectivity index (χ3n) is 3.77. The minimum Gasteiger partial charge on any atom is -0.463 e. The second-order valence-electron chi connectivity index (χ2n) is 5.32. The highest BCUT2D eigenvalue weighted by molar-refractivity contribution is 8.16. The van der Waals surface area contributed by atoms with E-state index in [2.05, 4.69) is 9.89 Å². The number of ether oxygens (including phenoxy) is 1. The summed E-state index contributed by atoms with van der Waals surface area (Å²) in [6.07, 6.45) is 0. The number of nitrogens with zero attached hydrogens (tertiary/aromatic N) is 2. The zero-order chi connectivity index (χ0) is 16.6. The summed E-state index contributed by atoms with van der Waals surface area (Å²) < 4.78 is 5.27. The standard InChI is InChI=1S/C17H17ClN2O2S/c1-4-22-16(21)14-11(3)19-17-20(10(2)9-23-17)15(14)12-6-5-7-13(18)8-12/h5-9,15H,4H2,1-3H3. The fraction of sp³-hybridized carbons (Fsp3) is 0.294. The number of carbonyl (C=O) groups is 1. The average molecular weight is 349 g/mol. The molecule has 2 aliphatic heterocycles. The number of carbonyl (C=O) groups excluding carboxylic acids is 1. The van der Waals surface area contributed by atoms with E-state index in [0.29, 0.717) is 22.9 Å². The van der Waals surface area contributed by atoms with Gasteiger partial charge in [-0.1, -0.05) is 35.5 Å². The first-order chi connectivity index (χ1) is 11.0. The van der Waals surface area contributed by atoms with Crippen molar-refractivity contribution in [2.75, 3.05) is 6.61 Å². The summed E-state index contributed by atoms with van der Waals surface area (Å²) >= 11 is 7.73. The van der Waals surface area contributed by atoms with E-state index in [1.54, 1.807) is 18.7 Å². The van der Waals surface area contributed by atoms with Gasteiger partial charge in [0.05, 0.1) is 23.9 Å². The molecule has 6 heteroatoms. The molecule has 0 aromatic heterocycles. The van der Waals surface area contributed by atoms with Crippen molar-refractivity contribution in [1.29, 1.82) is 0 Å². The number of thioether (sulfide) groups is 1. The maximum absolute atomic E-state index is 12.5. The molecule has 0 amide bonds. The molecule has 0 saturated heterocycles. The first kappa shape index (κ1) is 16.1. The molecule has 1 unspecified atom stereocenters. The summed E-state index contributed by atoms with van der Waals surface area (Å²) in [6, 6.07) is 7.31. The lowest BCUT2D eigenvalue weighted by atomic mass is 9.94. The minimum absolute atomic E-state index is 0.272. The maximum atomic E-state index is 12.5. The van der Waals surface area contributed by atoms with Crippen LogP contribution in [-0.2, 0) is 9.53 Å².